The lowest BCUT2D eigenvalue weighted by Crippen LogP contribution is -2.14. The normalized spacial score (nSPS) is 10.9. The Morgan fingerprint density at radius 1 is 0.636 bits per heavy atom. The maximum atomic E-state index is 13.3. The number of sulfonamides is 1. The molecule has 0 aliphatic carbocycles. The molecule has 0 radical (unpaired) electrons. The van der Waals surface area contributed by atoms with Crippen molar-refractivity contribution < 1.29 is 26.8 Å². The van der Waals surface area contributed by atoms with Gasteiger partial charge in [-0.15, -0.1) is 0 Å². The van der Waals surface area contributed by atoms with Gasteiger partial charge < -0.3 is 14.6 Å². The number of rotatable bonds is 9. The first-order chi connectivity index (χ1) is 25.3. The molecule has 0 atom stereocenters. The highest BCUT2D eigenvalue weighted by molar-refractivity contribution is 7.92. The highest BCUT2D eigenvalue weighted by Gasteiger charge is 2.25. The molecule has 0 aliphatic heterocycles. The number of aryl methyl sites for hydroxylation is 2. The van der Waals surface area contributed by atoms with Gasteiger partial charge in [-0.3, -0.25) is 14.3 Å². The molecule has 0 amide bonds. The second-order valence-electron chi connectivity index (χ2n) is 11.8. The van der Waals surface area contributed by atoms with E-state index in [-0.39, 0.29) is 52.6 Å². The number of carbonyl (C=O) groups is 2. The van der Waals surface area contributed by atoms with E-state index < -0.39 is 10.0 Å². The lowest BCUT2D eigenvalue weighted by atomic mass is 9.99. The Bertz CT molecular complexity index is 2650. The van der Waals surface area contributed by atoms with Gasteiger partial charge in [-0.05, 0) is 66.7 Å². The van der Waals surface area contributed by atoms with Crippen molar-refractivity contribution in [2.24, 2.45) is 0 Å². The van der Waals surface area contributed by atoms with Crippen molar-refractivity contribution in [2.45, 2.75) is 46.4 Å². The Kier molecular flexibility index (Phi) is 13.9. The first kappa shape index (κ1) is 43.0. The van der Waals surface area contributed by atoms with Crippen LogP contribution in [-0.4, -0.2) is 20.0 Å². The van der Waals surface area contributed by atoms with Gasteiger partial charge in [0.2, 0.25) is 0 Å². The predicted molar refractivity (Wildman–Crippen MR) is 226 cm³/mol. The molecule has 0 aliphatic rings. The number of hydrogen-bond donors (Lipinski definition) is 2. The zero-order valence-corrected chi connectivity index (χ0v) is 32.0. The molecule has 0 unspecified atom stereocenters. The Morgan fingerprint density at radius 3 is 1.60 bits per heavy atom. The van der Waals surface area contributed by atoms with Crippen molar-refractivity contribution >= 4 is 101 Å². The summed E-state index contributed by atoms with van der Waals surface area (Å²) in [7, 11) is -3.99. The van der Waals surface area contributed by atoms with Crippen LogP contribution >= 0.6 is 46.4 Å². The van der Waals surface area contributed by atoms with Gasteiger partial charge in [0.1, 0.15) is 27.6 Å². The lowest BCUT2D eigenvalue weighted by molar-refractivity contribution is 0.103. The Hall–Kier alpha value is -4.77. The summed E-state index contributed by atoms with van der Waals surface area (Å²) in [5.74, 6) is 0.803. The number of ketones is 2. The molecule has 0 saturated heterocycles. The summed E-state index contributed by atoms with van der Waals surface area (Å²) in [6.07, 6.45) is 1.18. The molecule has 0 saturated carbocycles. The smallest absolute Gasteiger partial charge is 0.263 e. The molecule has 2 aromatic heterocycles. The molecule has 2 heterocycles. The van der Waals surface area contributed by atoms with Crippen LogP contribution in [0.4, 0.5) is 11.4 Å². The molecule has 7 aromatic rings. The summed E-state index contributed by atoms with van der Waals surface area (Å²) in [5.41, 5.74) is 9.43. The third-order valence-electron chi connectivity index (χ3n) is 8.32. The van der Waals surface area contributed by atoms with Gasteiger partial charge in [0.15, 0.2) is 11.6 Å². The first-order valence-corrected chi connectivity index (χ1v) is 19.2. The number of nitrogens with one attached hydrogen (secondary N) is 1. The Morgan fingerprint density at radius 2 is 1.13 bits per heavy atom. The highest BCUT2D eigenvalue weighted by atomic mass is 35.5. The largest absolute Gasteiger partial charge is 0.460 e. The summed E-state index contributed by atoms with van der Waals surface area (Å²) < 4.78 is 39.4. The van der Waals surface area contributed by atoms with Crippen LogP contribution in [0.3, 0.4) is 0 Å². The van der Waals surface area contributed by atoms with Crippen LogP contribution in [0.15, 0.2) is 117 Å². The molecule has 5 aromatic carbocycles. The third kappa shape index (κ3) is 8.88. The highest BCUT2D eigenvalue weighted by Crippen LogP contribution is 2.34. The fourth-order valence-corrected chi connectivity index (χ4v) is 8.20. The van der Waals surface area contributed by atoms with Gasteiger partial charge in [-0.2, -0.15) is 0 Å². The van der Waals surface area contributed by atoms with Crippen LogP contribution in [0.2, 0.25) is 20.1 Å². The van der Waals surface area contributed by atoms with Crippen molar-refractivity contribution in [1.82, 2.24) is 0 Å². The minimum atomic E-state index is -3.99. The molecule has 286 valence electrons. The molecule has 0 fully saturated rings. The topological polar surface area (TPSA) is 133 Å². The zero-order chi connectivity index (χ0) is 38.0. The Balaban J connectivity index is 0.000000255. The van der Waals surface area contributed by atoms with E-state index in [1.165, 1.54) is 36.4 Å². The average Bonchev–Trinajstić information content (AvgIpc) is 3.69. The molecular formula is C42H38Cl4N2O6S. The molecule has 7 rings (SSSR count). The van der Waals surface area contributed by atoms with Crippen LogP contribution in [0.5, 0.6) is 0 Å². The number of hydrogen-bond acceptors (Lipinski definition) is 7. The summed E-state index contributed by atoms with van der Waals surface area (Å²) in [6, 6.07) is 28.1. The quantitative estimate of drug-likeness (QED) is 0.109. The van der Waals surface area contributed by atoms with Crippen LogP contribution < -0.4 is 10.5 Å². The molecule has 0 spiro atoms. The number of carbonyl (C=O) groups excluding carboxylic acids is 2. The summed E-state index contributed by atoms with van der Waals surface area (Å²) in [5, 5.41) is 2.27. The predicted octanol–water partition coefficient (Wildman–Crippen LogP) is 12.7. The number of halogens is 4. The number of nitrogens with two attached hydrogens (primary N) is 1. The first-order valence-electron chi connectivity index (χ1n) is 16.3. The standard InChI is InChI=1S/C23H16Cl3NO4S.C17H14ClNO2.2CH4/c1-2-19-22(16-5-3-4-6-20(16)31-19)23(28)15-9-8-14(12-17(15)25)27-32(29,30)21-10-7-13(24)11-18(21)26;1-2-14-16(12-5-3-4-6-15(12)21-14)17(20)11-8-7-10(19)9-13(11)18;;/h3-12,27H,2H2,1H3;3-9H,2,19H2,1H3;2*1H4. The Labute approximate surface area is 340 Å². The zero-order valence-electron chi connectivity index (χ0n) is 28.2. The number of fused-ring (bicyclic) bond motifs is 2. The van der Waals surface area contributed by atoms with E-state index in [0.29, 0.717) is 73.3 Å². The second kappa shape index (κ2) is 17.8. The van der Waals surface area contributed by atoms with Crippen LogP contribution in [0, 0.1) is 0 Å². The van der Waals surface area contributed by atoms with Crippen molar-refractivity contribution in [2.75, 3.05) is 10.5 Å². The van der Waals surface area contributed by atoms with E-state index in [0.717, 1.165) is 5.39 Å². The van der Waals surface area contributed by atoms with Crippen molar-refractivity contribution in [3.63, 3.8) is 0 Å². The second-order valence-corrected chi connectivity index (χ2v) is 15.1. The number of furan rings is 2. The van der Waals surface area contributed by atoms with E-state index in [9.17, 15) is 18.0 Å². The van der Waals surface area contributed by atoms with E-state index in [4.69, 9.17) is 61.0 Å². The maximum absolute atomic E-state index is 13.3. The van der Waals surface area contributed by atoms with Gasteiger partial charge in [-0.25, -0.2) is 8.42 Å². The molecule has 0 bridgehead atoms. The average molecular weight is 841 g/mol. The van der Waals surface area contributed by atoms with Crippen LogP contribution in [0.25, 0.3) is 21.9 Å². The van der Waals surface area contributed by atoms with Crippen LogP contribution in [-0.2, 0) is 22.9 Å². The van der Waals surface area contributed by atoms with Crippen molar-refractivity contribution in [3.8, 4) is 0 Å². The number of nitrogen functional groups attached to an aromatic ring is 1. The molecule has 3 N–H and O–H groups in total. The van der Waals surface area contributed by atoms with E-state index in [2.05, 4.69) is 4.72 Å². The monoisotopic (exact) mass is 838 g/mol. The number of anilines is 2. The van der Waals surface area contributed by atoms with Crippen LogP contribution in [0.1, 0.15) is 72.1 Å². The fraction of sp³-hybridized carbons (Fsp3) is 0.143. The van der Waals surface area contributed by atoms with Crippen molar-refractivity contribution in [3.05, 3.63) is 157 Å². The maximum Gasteiger partial charge on any atom is 0.263 e. The van der Waals surface area contributed by atoms with Gasteiger partial charge in [0.05, 0.1) is 31.9 Å². The summed E-state index contributed by atoms with van der Waals surface area (Å²) >= 11 is 24.4. The molecular weight excluding hydrogens is 802 g/mol. The minimum Gasteiger partial charge on any atom is -0.460 e. The molecule has 8 nitrogen and oxygen atoms in total. The summed E-state index contributed by atoms with van der Waals surface area (Å²) in [6.45, 7) is 3.86. The number of benzene rings is 5. The van der Waals surface area contributed by atoms with Gasteiger partial charge >= 0.3 is 0 Å². The minimum absolute atomic E-state index is 0. The van der Waals surface area contributed by atoms with E-state index in [1.807, 2.05) is 56.3 Å². The van der Waals surface area contributed by atoms with E-state index in [1.54, 1.807) is 24.3 Å². The fourth-order valence-electron chi connectivity index (χ4n) is 5.84. The summed E-state index contributed by atoms with van der Waals surface area (Å²) in [4.78, 5) is 26.0. The third-order valence-corrected chi connectivity index (χ3v) is 11.0. The molecule has 55 heavy (non-hydrogen) atoms. The number of para-hydroxylation sites is 2. The molecule has 13 heteroatoms. The lowest BCUT2D eigenvalue weighted by Gasteiger charge is -2.11. The SMILES string of the molecule is C.C.CCc1oc2ccccc2c1C(=O)c1ccc(N)cc1Cl.CCc1oc2ccccc2c1C(=O)c1ccc(NS(=O)(=O)c2ccc(Cl)cc2Cl)cc1Cl. The van der Waals surface area contributed by atoms with Gasteiger partial charge in [-0.1, -0.05) is 112 Å². The van der Waals surface area contributed by atoms with Crippen molar-refractivity contribution in [1.29, 1.82) is 0 Å². The van der Waals surface area contributed by atoms with Gasteiger partial charge in [0, 0.05) is 45.5 Å². The van der Waals surface area contributed by atoms with E-state index >= 15 is 0 Å². The van der Waals surface area contributed by atoms with Gasteiger partial charge in [0.25, 0.3) is 10.0 Å².